The van der Waals surface area contributed by atoms with Crippen molar-refractivity contribution in [1.29, 1.82) is 0 Å². The number of carboxylic acid groups (broad SMARTS) is 1. The van der Waals surface area contributed by atoms with Crippen molar-refractivity contribution < 1.29 is 15.0 Å². The number of hydrogen-bond acceptors (Lipinski definition) is 4. The summed E-state index contributed by atoms with van der Waals surface area (Å²) in [6.45, 7) is 4.90. The Morgan fingerprint density at radius 3 is 2.16 bits per heavy atom. The molecule has 1 unspecified atom stereocenters. The first-order valence-electron chi connectivity index (χ1n) is 6.41. The van der Waals surface area contributed by atoms with Crippen LogP contribution in [0.1, 0.15) is 12.5 Å². The summed E-state index contributed by atoms with van der Waals surface area (Å²) in [7, 11) is 2.04. The highest BCUT2D eigenvalue weighted by atomic mass is 16.4. The van der Waals surface area contributed by atoms with Gasteiger partial charge in [0.25, 0.3) is 0 Å². The van der Waals surface area contributed by atoms with Crippen molar-refractivity contribution in [3.8, 4) is 5.75 Å². The number of rotatable bonds is 3. The summed E-state index contributed by atoms with van der Waals surface area (Å²) in [6.07, 6.45) is 0. The Labute approximate surface area is 113 Å². The number of benzene rings is 1. The van der Waals surface area contributed by atoms with Crippen LogP contribution in [-0.4, -0.2) is 59.2 Å². The van der Waals surface area contributed by atoms with Gasteiger partial charge in [-0.15, -0.1) is 0 Å². The van der Waals surface area contributed by atoms with Gasteiger partial charge < -0.3 is 15.1 Å². The highest BCUT2D eigenvalue weighted by Gasteiger charge is 2.42. The fraction of sp³-hybridized carbons (Fsp3) is 0.500. The molecule has 2 rings (SSSR count). The van der Waals surface area contributed by atoms with E-state index < -0.39 is 11.5 Å². The SMILES string of the molecule is CN1CCN(C(C)(C(=O)O)c2ccc(O)cc2)CC1. The van der Waals surface area contributed by atoms with E-state index in [9.17, 15) is 15.0 Å². The van der Waals surface area contributed by atoms with Crippen LogP contribution in [-0.2, 0) is 10.3 Å². The van der Waals surface area contributed by atoms with E-state index >= 15 is 0 Å². The smallest absolute Gasteiger partial charge is 0.328 e. The van der Waals surface area contributed by atoms with Crippen molar-refractivity contribution in [3.63, 3.8) is 0 Å². The van der Waals surface area contributed by atoms with Crippen LogP contribution < -0.4 is 0 Å². The second-order valence-corrected chi connectivity index (χ2v) is 5.21. The van der Waals surface area contributed by atoms with E-state index in [-0.39, 0.29) is 5.75 Å². The van der Waals surface area contributed by atoms with E-state index in [1.54, 1.807) is 19.1 Å². The standard InChI is InChI=1S/C14H20N2O3/c1-14(13(18)19,11-3-5-12(17)6-4-11)16-9-7-15(2)8-10-16/h3-6,17H,7-10H2,1-2H3,(H,18,19). The van der Waals surface area contributed by atoms with E-state index in [1.165, 1.54) is 12.1 Å². The predicted molar refractivity (Wildman–Crippen MR) is 72.2 cm³/mol. The Morgan fingerprint density at radius 2 is 1.68 bits per heavy atom. The van der Waals surface area contributed by atoms with Crippen LogP contribution in [0.2, 0.25) is 0 Å². The highest BCUT2D eigenvalue weighted by Crippen LogP contribution is 2.30. The molecule has 5 heteroatoms. The summed E-state index contributed by atoms with van der Waals surface area (Å²) in [6, 6.07) is 6.43. The van der Waals surface area contributed by atoms with Crippen LogP contribution in [0.4, 0.5) is 0 Å². The topological polar surface area (TPSA) is 64.0 Å². The number of phenols is 1. The van der Waals surface area contributed by atoms with Crippen molar-refractivity contribution in [2.75, 3.05) is 33.2 Å². The Morgan fingerprint density at radius 1 is 1.16 bits per heavy atom. The van der Waals surface area contributed by atoms with E-state index in [0.29, 0.717) is 5.56 Å². The molecule has 0 aliphatic carbocycles. The van der Waals surface area contributed by atoms with Gasteiger partial charge in [-0.25, -0.2) is 4.79 Å². The Hall–Kier alpha value is -1.59. The van der Waals surface area contributed by atoms with E-state index in [1.807, 2.05) is 11.9 Å². The first-order chi connectivity index (χ1) is 8.94. The molecule has 0 aromatic heterocycles. The number of nitrogens with zero attached hydrogens (tertiary/aromatic N) is 2. The molecule has 0 saturated carbocycles. The quantitative estimate of drug-likeness (QED) is 0.850. The van der Waals surface area contributed by atoms with E-state index in [4.69, 9.17) is 0 Å². The maximum atomic E-state index is 11.8. The van der Waals surface area contributed by atoms with Gasteiger partial charge in [0.05, 0.1) is 0 Å². The Bertz CT molecular complexity index is 452. The number of aromatic hydroxyl groups is 1. The molecule has 0 spiro atoms. The molecule has 1 heterocycles. The van der Waals surface area contributed by atoms with E-state index in [0.717, 1.165) is 26.2 Å². The molecular formula is C14H20N2O3. The number of carboxylic acids is 1. The largest absolute Gasteiger partial charge is 0.508 e. The van der Waals surface area contributed by atoms with Crippen molar-refractivity contribution in [2.24, 2.45) is 0 Å². The maximum absolute atomic E-state index is 11.8. The summed E-state index contributed by atoms with van der Waals surface area (Å²) in [5, 5.41) is 19.0. The van der Waals surface area contributed by atoms with Gasteiger partial charge in [-0.3, -0.25) is 4.90 Å². The third kappa shape index (κ3) is 2.57. The van der Waals surface area contributed by atoms with Crippen molar-refractivity contribution >= 4 is 5.97 Å². The third-order valence-corrected chi connectivity index (χ3v) is 3.98. The zero-order chi connectivity index (χ0) is 14.0. The number of piperazine rings is 1. The molecule has 1 fully saturated rings. The second kappa shape index (κ2) is 5.19. The van der Waals surface area contributed by atoms with Crippen molar-refractivity contribution in [1.82, 2.24) is 9.80 Å². The zero-order valence-corrected chi connectivity index (χ0v) is 11.3. The summed E-state index contributed by atoms with van der Waals surface area (Å²) in [5.41, 5.74) is -0.350. The highest BCUT2D eigenvalue weighted by molar-refractivity contribution is 5.80. The number of phenolic OH excluding ortho intramolecular Hbond substituents is 1. The minimum Gasteiger partial charge on any atom is -0.508 e. The van der Waals surface area contributed by atoms with Crippen LogP contribution >= 0.6 is 0 Å². The molecule has 0 bridgehead atoms. The fourth-order valence-electron chi connectivity index (χ4n) is 2.48. The third-order valence-electron chi connectivity index (χ3n) is 3.98. The molecule has 1 aliphatic rings. The molecule has 1 aromatic carbocycles. The summed E-state index contributed by atoms with van der Waals surface area (Å²) in [5.74, 6) is -0.711. The molecule has 5 nitrogen and oxygen atoms in total. The number of likely N-dealkylation sites (N-methyl/N-ethyl adjacent to an activating group) is 1. The second-order valence-electron chi connectivity index (χ2n) is 5.21. The molecule has 1 atom stereocenters. The number of aliphatic carboxylic acids is 1. The van der Waals surface area contributed by atoms with Crippen LogP contribution in [0, 0.1) is 0 Å². The maximum Gasteiger partial charge on any atom is 0.328 e. The Kier molecular flexibility index (Phi) is 3.78. The molecule has 1 aliphatic heterocycles. The van der Waals surface area contributed by atoms with Crippen LogP contribution in [0.3, 0.4) is 0 Å². The molecule has 1 aromatic rings. The molecule has 0 amide bonds. The van der Waals surface area contributed by atoms with Gasteiger partial charge >= 0.3 is 5.97 Å². The molecule has 19 heavy (non-hydrogen) atoms. The lowest BCUT2D eigenvalue weighted by Gasteiger charge is -2.42. The van der Waals surface area contributed by atoms with Gasteiger partial charge in [-0.2, -0.15) is 0 Å². The molecular weight excluding hydrogens is 244 g/mol. The van der Waals surface area contributed by atoms with Gasteiger partial charge in [0.2, 0.25) is 0 Å². The van der Waals surface area contributed by atoms with Gasteiger partial charge in [0.1, 0.15) is 11.3 Å². The van der Waals surface area contributed by atoms with Crippen molar-refractivity contribution in [3.05, 3.63) is 29.8 Å². The number of carbonyl (C=O) groups is 1. The molecule has 1 saturated heterocycles. The first-order valence-corrected chi connectivity index (χ1v) is 6.41. The fourth-order valence-corrected chi connectivity index (χ4v) is 2.48. The average molecular weight is 264 g/mol. The van der Waals surface area contributed by atoms with Crippen LogP contribution in [0.15, 0.2) is 24.3 Å². The van der Waals surface area contributed by atoms with Crippen LogP contribution in [0.25, 0.3) is 0 Å². The van der Waals surface area contributed by atoms with Gasteiger partial charge in [0, 0.05) is 26.2 Å². The minimum absolute atomic E-state index is 0.148. The normalized spacial score (nSPS) is 20.9. The minimum atomic E-state index is -1.05. The summed E-state index contributed by atoms with van der Waals surface area (Å²) < 4.78 is 0. The molecule has 0 radical (unpaired) electrons. The lowest BCUT2D eigenvalue weighted by atomic mass is 9.89. The lowest BCUT2D eigenvalue weighted by Crippen LogP contribution is -2.56. The molecule has 2 N–H and O–H groups in total. The first kappa shape index (κ1) is 13.8. The number of hydrogen-bond donors (Lipinski definition) is 2. The predicted octanol–water partition coefficient (Wildman–Crippen LogP) is 0.939. The van der Waals surface area contributed by atoms with Crippen LogP contribution in [0.5, 0.6) is 5.75 Å². The summed E-state index contributed by atoms with van der Waals surface area (Å²) >= 11 is 0. The van der Waals surface area contributed by atoms with Gasteiger partial charge in [-0.05, 0) is 31.7 Å². The zero-order valence-electron chi connectivity index (χ0n) is 11.3. The summed E-state index contributed by atoms with van der Waals surface area (Å²) in [4.78, 5) is 15.9. The van der Waals surface area contributed by atoms with Gasteiger partial charge in [0.15, 0.2) is 0 Å². The average Bonchev–Trinajstić information content (AvgIpc) is 2.39. The monoisotopic (exact) mass is 264 g/mol. The lowest BCUT2D eigenvalue weighted by molar-refractivity contribution is -0.152. The van der Waals surface area contributed by atoms with Crippen molar-refractivity contribution in [2.45, 2.75) is 12.5 Å². The molecule has 104 valence electrons. The van der Waals surface area contributed by atoms with Gasteiger partial charge in [-0.1, -0.05) is 12.1 Å². The van der Waals surface area contributed by atoms with E-state index in [2.05, 4.69) is 4.90 Å². The Balaban J connectivity index is 2.32.